The number of anilines is 1. The van der Waals surface area contributed by atoms with Gasteiger partial charge in [0, 0.05) is 23.1 Å². The highest BCUT2D eigenvalue weighted by Crippen LogP contribution is 2.38. The van der Waals surface area contributed by atoms with E-state index in [4.69, 9.17) is 11.6 Å². The lowest BCUT2D eigenvalue weighted by molar-refractivity contribution is -0.274. The largest absolute Gasteiger partial charge is 0.573 e. The average Bonchev–Trinajstić information content (AvgIpc) is 2.74. The Morgan fingerprint density at radius 3 is 2.26 bits per heavy atom. The third kappa shape index (κ3) is 6.28. The maximum absolute atomic E-state index is 12.7. The van der Waals surface area contributed by atoms with E-state index in [0.717, 1.165) is 12.3 Å². The number of benzene rings is 3. The lowest BCUT2D eigenvalue weighted by Gasteiger charge is -2.17. The summed E-state index contributed by atoms with van der Waals surface area (Å²) in [6.07, 6.45) is -3.82. The molecule has 0 aliphatic carbocycles. The van der Waals surface area contributed by atoms with Gasteiger partial charge in [-0.25, -0.2) is 8.42 Å². The number of sulfone groups is 1. The summed E-state index contributed by atoms with van der Waals surface area (Å²) >= 11 is 6.29. The maximum atomic E-state index is 12.7. The normalized spacial score (nSPS) is 12.8. The van der Waals surface area contributed by atoms with Gasteiger partial charge in [0.25, 0.3) is 0 Å². The van der Waals surface area contributed by atoms with Crippen LogP contribution in [-0.2, 0) is 14.6 Å². The summed E-state index contributed by atoms with van der Waals surface area (Å²) in [5.41, 5.74) is 1.02. The molecule has 11 heteroatoms. The molecule has 1 amide bonds. The van der Waals surface area contributed by atoms with Crippen molar-refractivity contribution in [3.63, 3.8) is 0 Å². The summed E-state index contributed by atoms with van der Waals surface area (Å²) in [5.74, 6) is -2.00. The van der Waals surface area contributed by atoms with Crippen molar-refractivity contribution < 1.29 is 36.2 Å². The Bertz CT molecular complexity index is 1290. The number of alkyl halides is 3. The number of para-hydroxylation sites is 1. The second-order valence-electron chi connectivity index (χ2n) is 7.30. The first-order valence-electron chi connectivity index (χ1n) is 9.75. The molecule has 0 fully saturated rings. The van der Waals surface area contributed by atoms with Gasteiger partial charge in [0.1, 0.15) is 5.75 Å². The third-order valence-corrected chi connectivity index (χ3v) is 6.29. The Morgan fingerprint density at radius 2 is 1.71 bits per heavy atom. The van der Waals surface area contributed by atoms with Crippen molar-refractivity contribution in [3.8, 4) is 16.9 Å². The number of carbonyl (C=O) groups is 1. The fourth-order valence-corrected chi connectivity index (χ4v) is 4.14. The van der Waals surface area contributed by atoms with Crippen LogP contribution in [0.4, 0.5) is 18.9 Å². The Kier molecular flexibility index (Phi) is 7.54. The van der Waals surface area contributed by atoms with E-state index in [1.165, 1.54) is 60.7 Å². The first kappa shape index (κ1) is 25.5. The molecule has 3 rings (SSSR count). The minimum Gasteiger partial charge on any atom is -0.405 e. The van der Waals surface area contributed by atoms with E-state index in [2.05, 4.69) is 10.1 Å². The summed E-state index contributed by atoms with van der Waals surface area (Å²) in [5, 5.41) is 12.4. The average molecular weight is 514 g/mol. The molecule has 0 aliphatic heterocycles. The van der Waals surface area contributed by atoms with Gasteiger partial charge in [-0.05, 0) is 35.9 Å². The van der Waals surface area contributed by atoms with E-state index < -0.39 is 40.4 Å². The van der Waals surface area contributed by atoms with Crippen LogP contribution in [0.15, 0.2) is 71.6 Å². The second-order valence-corrected chi connectivity index (χ2v) is 9.73. The van der Waals surface area contributed by atoms with Crippen LogP contribution in [0.5, 0.6) is 5.75 Å². The Morgan fingerprint density at radius 1 is 1.06 bits per heavy atom. The van der Waals surface area contributed by atoms with Crippen LogP contribution < -0.4 is 10.1 Å². The van der Waals surface area contributed by atoms with Crippen LogP contribution in [0.25, 0.3) is 11.1 Å². The molecule has 0 radical (unpaired) electrons. The first-order chi connectivity index (χ1) is 15.9. The monoisotopic (exact) mass is 513 g/mol. The van der Waals surface area contributed by atoms with Gasteiger partial charge in [-0.3, -0.25) is 4.79 Å². The minimum absolute atomic E-state index is 0.0640. The SMILES string of the molecule is CS(=O)(=O)c1ccc(C(CO)C(=O)Nc2ccc(-c3ccccc3OC(F)(F)F)c(Cl)c2)cc1. The highest BCUT2D eigenvalue weighted by atomic mass is 35.5. The third-order valence-electron chi connectivity index (χ3n) is 4.85. The molecular weight excluding hydrogens is 495 g/mol. The smallest absolute Gasteiger partial charge is 0.405 e. The van der Waals surface area contributed by atoms with Crippen LogP contribution in [0.2, 0.25) is 5.02 Å². The number of aliphatic hydroxyl groups is 1. The van der Waals surface area contributed by atoms with Gasteiger partial charge in [-0.15, -0.1) is 13.2 Å². The molecule has 180 valence electrons. The molecule has 3 aromatic carbocycles. The minimum atomic E-state index is -4.88. The van der Waals surface area contributed by atoms with Crippen LogP contribution in [0, 0.1) is 0 Å². The molecule has 1 atom stereocenters. The zero-order valence-electron chi connectivity index (χ0n) is 17.6. The molecule has 2 N–H and O–H groups in total. The van der Waals surface area contributed by atoms with Crippen molar-refractivity contribution in [2.75, 3.05) is 18.2 Å². The molecule has 0 bridgehead atoms. The number of hydrogen-bond acceptors (Lipinski definition) is 5. The number of nitrogens with one attached hydrogen (secondary N) is 1. The molecule has 0 saturated carbocycles. The Balaban J connectivity index is 1.82. The van der Waals surface area contributed by atoms with Crippen molar-refractivity contribution in [2.45, 2.75) is 17.2 Å². The number of hydrogen-bond donors (Lipinski definition) is 2. The molecule has 0 aromatic heterocycles. The van der Waals surface area contributed by atoms with E-state index in [-0.39, 0.29) is 26.7 Å². The zero-order valence-corrected chi connectivity index (χ0v) is 19.2. The Hall–Kier alpha value is -3.08. The molecule has 0 aliphatic rings. The molecule has 0 saturated heterocycles. The standard InChI is InChI=1S/C23H19ClF3NO5S/c1-34(31,32)16-9-6-14(7-10-16)19(13-29)22(30)28-15-8-11-17(20(24)12-15)18-4-2-3-5-21(18)33-23(25,26)27/h2-12,19,29H,13H2,1H3,(H,28,30). The number of carbonyl (C=O) groups excluding carboxylic acids is 1. The molecule has 34 heavy (non-hydrogen) atoms. The van der Waals surface area contributed by atoms with E-state index >= 15 is 0 Å². The predicted octanol–water partition coefficient (Wildman–Crippen LogP) is 5.02. The van der Waals surface area contributed by atoms with Crippen LogP contribution in [0.3, 0.4) is 0 Å². The van der Waals surface area contributed by atoms with E-state index in [0.29, 0.717) is 5.56 Å². The summed E-state index contributed by atoms with van der Waals surface area (Å²) in [6, 6.07) is 15.3. The van der Waals surface area contributed by atoms with Crippen molar-refractivity contribution in [1.29, 1.82) is 0 Å². The molecule has 1 unspecified atom stereocenters. The summed E-state index contributed by atoms with van der Waals surface area (Å²) in [7, 11) is -3.41. The van der Waals surface area contributed by atoms with Gasteiger partial charge < -0.3 is 15.2 Å². The molecule has 6 nitrogen and oxygen atoms in total. The summed E-state index contributed by atoms with van der Waals surface area (Å²) in [6.45, 7) is -0.544. The maximum Gasteiger partial charge on any atom is 0.573 e. The van der Waals surface area contributed by atoms with Gasteiger partial charge >= 0.3 is 6.36 Å². The topological polar surface area (TPSA) is 92.7 Å². The highest BCUT2D eigenvalue weighted by Gasteiger charge is 2.32. The van der Waals surface area contributed by atoms with Gasteiger partial charge in [0.15, 0.2) is 9.84 Å². The van der Waals surface area contributed by atoms with E-state index in [1.54, 1.807) is 0 Å². The number of amides is 1. The molecule has 0 spiro atoms. The van der Waals surface area contributed by atoms with Gasteiger partial charge in [0.05, 0.1) is 22.4 Å². The molecule has 0 heterocycles. The molecule has 3 aromatic rings. The van der Waals surface area contributed by atoms with Crippen molar-refractivity contribution in [1.82, 2.24) is 0 Å². The quantitative estimate of drug-likeness (QED) is 0.462. The van der Waals surface area contributed by atoms with Gasteiger partial charge in [0.2, 0.25) is 5.91 Å². The van der Waals surface area contributed by atoms with Crippen molar-refractivity contribution in [3.05, 3.63) is 77.3 Å². The lowest BCUT2D eigenvalue weighted by Crippen LogP contribution is -2.24. The van der Waals surface area contributed by atoms with Crippen LogP contribution >= 0.6 is 11.6 Å². The fraction of sp³-hybridized carbons (Fsp3) is 0.174. The number of rotatable bonds is 7. The number of halogens is 4. The Labute approximate surface area is 198 Å². The summed E-state index contributed by atoms with van der Waals surface area (Å²) < 4.78 is 65.4. The van der Waals surface area contributed by atoms with Gasteiger partial charge in [-0.1, -0.05) is 48.0 Å². The summed E-state index contributed by atoms with van der Waals surface area (Å²) in [4.78, 5) is 12.8. The van der Waals surface area contributed by atoms with Crippen LogP contribution in [-0.4, -0.2) is 38.7 Å². The van der Waals surface area contributed by atoms with E-state index in [9.17, 15) is 31.5 Å². The lowest BCUT2D eigenvalue weighted by atomic mass is 9.99. The number of aliphatic hydroxyl groups excluding tert-OH is 1. The first-order valence-corrected chi connectivity index (χ1v) is 12.0. The molecular formula is C23H19ClF3NO5S. The van der Waals surface area contributed by atoms with Crippen molar-refractivity contribution >= 4 is 33.0 Å². The number of ether oxygens (including phenoxy) is 1. The second kappa shape index (κ2) is 10.0. The van der Waals surface area contributed by atoms with Crippen LogP contribution in [0.1, 0.15) is 11.5 Å². The van der Waals surface area contributed by atoms with E-state index in [1.807, 2.05) is 0 Å². The van der Waals surface area contributed by atoms with Gasteiger partial charge in [-0.2, -0.15) is 0 Å². The van der Waals surface area contributed by atoms with Crippen molar-refractivity contribution in [2.24, 2.45) is 0 Å². The fourth-order valence-electron chi connectivity index (χ4n) is 3.23. The highest BCUT2D eigenvalue weighted by molar-refractivity contribution is 7.90. The predicted molar refractivity (Wildman–Crippen MR) is 122 cm³/mol. The zero-order chi connectivity index (χ0) is 25.1.